The zero-order valence-electron chi connectivity index (χ0n) is 10.1. The summed E-state index contributed by atoms with van der Waals surface area (Å²) in [4.78, 5) is 8.48. The van der Waals surface area contributed by atoms with Gasteiger partial charge in [-0.3, -0.25) is 0 Å². The van der Waals surface area contributed by atoms with Gasteiger partial charge in [-0.25, -0.2) is 4.98 Å². The van der Waals surface area contributed by atoms with Gasteiger partial charge in [0.1, 0.15) is 5.82 Å². The molecule has 0 amide bonds. The Kier molecular flexibility index (Phi) is 4.98. The summed E-state index contributed by atoms with van der Waals surface area (Å²) in [6.07, 6.45) is 2.17. The summed E-state index contributed by atoms with van der Waals surface area (Å²) in [5.74, 6) is 1.39. The smallest absolute Gasteiger partial charge is 0.224 e. The first kappa shape index (κ1) is 12.7. The van der Waals surface area contributed by atoms with Gasteiger partial charge in [-0.1, -0.05) is 6.92 Å². The maximum atomic E-state index is 9.46. The number of hydrogen-bond acceptors (Lipinski definition) is 5. The molecule has 0 aromatic carbocycles. The Labute approximate surface area is 96.3 Å². The van der Waals surface area contributed by atoms with Crippen molar-refractivity contribution in [2.24, 2.45) is 0 Å². The van der Waals surface area contributed by atoms with Crippen molar-refractivity contribution in [3.05, 3.63) is 11.8 Å². The first-order valence-electron chi connectivity index (χ1n) is 5.66. The van der Waals surface area contributed by atoms with E-state index < -0.39 is 0 Å². The minimum atomic E-state index is -0.336. The lowest BCUT2D eigenvalue weighted by Gasteiger charge is -2.12. The molecule has 1 heterocycles. The molecular weight excluding hydrogens is 204 g/mol. The maximum absolute atomic E-state index is 9.46. The van der Waals surface area contributed by atoms with Crippen LogP contribution in [0.3, 0.4) is 0 Å². The summed E-state index contributed by atoms with van der Waals surface area (Å²) < 4.78 is 0. The zero-order valence-corrected chi connectivity index (χ0v) is 10.1. The SMILES string of the molecule is CCNc1ncc(C)c(NCC(O)CC)n1. The highest BCUT2D eigenvalue weighted by Gasteiger charge is 2.05. The van der Waals surface area contributed by atoms with E-state index in [9.17, 15) is 5.11 Å². The van der Waals surface area contributed by atoms with Crippen LogP contribution in [0.25, 0.3) is 0 Å². The Bertz CT molecular complexity index is 330. The van der Waals surface area contributed by atoms with Crippen molar-refractivity contribution in [2.45, 2.75) is 33.3 Å². The molecule has 90 valence electrons. The number of hydrogen-bond donors (Lipinski definition) is 3. The van der Waals surface area contributed by atoms with Gasteiger partial charge < -0.3 is 15.7 Å². The number of anilines is 2. The third kappa shape index (κ3) is 3.66. The number of rotatable bonds is 6. The van der Waals surface area contributed by atoms with Crippen molar-refractivity contribution in [2.75, 3.05) is 23.7 Å². The molecule has 16 heavy (non-hydrogen) atoms. The lowest BCUT2D eigenvalue weighted by Crippen LogP contribution is -2.19. The number of nitrogens with zero attached hydrogens (tertiary/aromatic N) is 2. The Morgan fingerprint density at radius 2 is 2.12 bits per heavy atom. The minimum absolute atomic E-state index is 0.336. The van der Waals surface area contributed by atoms with Gasteiger partial charge >= 0.3 is 0 Å². The summed E-state index contributed by atoms with van der Waals surface area (Å²) in [7, 11) is 0. The minimum Gasteiger partial charge on any atom is -0.391 e. The second-order valence-corrected chi connectivity index (χ2v) is 3.70. The monoisotopic (exact) mass is 224 g/mol. The fraction of sp³-hybridized carbons (Fsp3) is 0.636. The molecule has 0 fully saturated rings. The molecule has 0 saturated heterocycles. The van der Waals surface area contributed by atoms with Crippen LogP contribution in [0.5, 0.6) is 0 Å². The highest BCUT2D eigenvalue weighted by Crippen LogP contribution is 2.12. The molecule has 5 heteroatoms. The van der Waals surface area contributed by atoms with Crippen LogP contribution in [0.15, 0.2) is 6.20 Å². The first-order chi connectivity index (χ1) is 7.67. The molecule has 1 unspecified atom stereocenters. The van der Waals surface area contributed by atoms with Crippen LogP contribution < -0.4 is 10.6 Å². The Hall–Kier alpha value is -1.36. The molecule has 0 spiro atoms. The quantitative estimate of drug-likeness (QED) is 0.681. The third-order valence-electron chi connectivity index (χ3n) is 2.28. The molecule has 0 saturated carbocycles. The standard InChI is InChI=1S/C11H20N4O/c1-4-9(16)7-13-10-8(3)6-14-11(15-10)12-5-2/h6,9,16H,4-5,7H2,1-3H3,(H2,12,13,14,15). The second-order valence-electron chi connectivity index (χ2n) is 3.70. The molecule has 5 nitrogen and oxygen atoms in total. The van der Waals surface area contributed by atoms with Gasteiger partial charge in [-0.05, 0) is 20.3 Å². The van der Waals surface area contributed by atoms with E-state index in [1.807, 2.05) is 20.8 Å². The number of aliphatic hydroxyl groups excluding tert-OH is 1. The van der Waals surface area contributed by atoms with Crippen molar-refractivity contribution in [3.63, 3.8) is 0 Å². The van der Waals surface area contributed by atoms with Crippen molar-refractivity contribution in [1.82, 2.24) is 9.97 Å². The van der Waals surface area contributed by atoms with Crippen molar-refractivity contribution in [3.8, 4) is 0 Å². The first-order valence-corrected chi connectivity index (χ1v) is 5.66. The fourth-order valence-electron chi connectivity index (χ4n) is 1.22. The molecule has 1 atom stereocenters. The van der Waals surface area contributed by atoms with Crippen LogP contribution in [0.2, 0.25) is 0 Å². The molecule has 0 aliphatic heterocycles. The molecule has 1 aromatic heterocycles. The van der Waals surface area contributed by atoms with Gasteiger partial charge in [-0.2, -0.15) is 4.98 Å². The summed E-state index contributed by atoms with van der Waals surface area (Å²) in [5, 5.41) is 15.6. The van der Waals surface area contributed by atoms with E-state index >= 15 is 0 Å². The molecule has 1 aromatic rings. The highest BCUT2D eigenvalue weighted by atomic mass is 16.3. The Balaban J connectivity index is 2.66. The number of aryl methyl sites for hydroxylation is 1. The van der Waals surface area contributed by atoms with E-state index in [1.165, 1.54) is 0 Å². The fourth-order valence-corrected chi connectivity index (χ4v) is 1.22. The molecule has 0 aliphatic rings. The molecule has 3 N–H and O–H groups in total. The van der Waals surface area contributed by atoms with Crippen molar-refractivity contribution in [1.29, 1.82) is 0 Å². The van der Waals surface area contributed by atoms with E-state index in [2.05, 4.69) is 20.6 Å². The Morgan fingerprint density at radius 1 is 1.38 bits per heavy atom. The van der Waals surface area contributed by atoms with Crippen LogP contribution >= 0.6 is 0 Å². The van der Waals surface area contributed by atoms with Gasteiger partial charge in [0, 0.05) is 24.8 Å². The predicted octanol–water partition coefficient (Wildman–Crippen LogP) is 1.40. The van der Waals surface area contributed by atoms with Gasteiger partial charge in [0.2, 0.25) is 5.95 Å². The highest BCUT2D eigenvalue weighted by molar-refractivity contribution is 5.46. The Morgan fingerprint density at radius 3 is 2.75 bits per heavy atom. The van der Waals surface area contributed by atoms with Crippen molar-refractivity contribution >= 4 is 11.8 Å². The van der Waals surface area contributed by atoms with E-state index in [1.54, 1.807) is 6.20 Å². The van der Waals surface area contributed by atoms with Crippen LogP contribution in [0.4, 0.5) is 11.8 Å². The van der Waals surface area contributed by atoms with Crippen LogP contribution in [0, 0.1) is 6.92 Å². The summed E-state index contributed by atoms with van der Waals surface area (Å²) >= 11 is 0. The second kappa shape index (κ2) is 6.27. The van der Waals surface area contributed by atoms with Gasteiger partial charge in [0.05, 0.1) is 6.10 Å². The third-order valence-corrected chi connectivity index (χ3v) is 2.28. The van der Waals surface area contributed by atoms with E-state index in [-0.39, 0.29) is 6.10 Å². The molecule has 0 bridgehead atoms. The normalized spacial score (nSPS) is 12.2. The van der Waals surface area contributed by atoms with Crippen LogP contribution in [0.1, 0.15) is 25.8 Å². The van der Waals surface area contributed by atoms with Gasteiger partial charge in [-0.15, -0.1) is 0 Å². The summed E-state index contributed by atoms with van der Waals surface area (Å²) in [5.41, 5.74) is 0.977. The van der Waals surface area contributed by atoms with Gasteiger partial charge in [0.15, 0.2) is 0 Å². The number of aliphatic hydroxyl groups is 1. The molecule has 0 radical (unpaired) electrons. The van der Waals surface area contributed by atoms with E-state index in [0.717, 1.165) is 24.3 Å². The lowest BCUT2D eigenvalue weighted by atomic mass is 10.2. The van der Waals surface area contributed by atoms with E-state index in [4.69, 9.17) is 0 Å². The van der Waals surface area contributed by atoms with E-state index in [0.29, 0.717) is 12.5 Å². The average molecular weight is 224 g/mol. The van der Waals surface area contributed by atoms with Crippen molar-refractivity contribution < 1.29 is 5.11 Å². The zero-order chi connectivity index (χ0) is 12.0. The van der Waals surface area contributed by atoms with Gasteiger partial charge in [0.25, 0.3) is 0 Å². The maximum Gasteiger partial charge on any atom is 0.224 e. The molecule has 1 rings (SSSR count). The average Bonchev–Trinajstić information content (AvgIpc) is 2.29. The summed E-state index contributed by atoms with van der Waals surface area (Å²) in [6, 6.07) is 0. The molecule has 0 aliphatic carbocycles. The van der Waals surface area contributed by atoms with Crippen LogP contribution in [-0.2, 0) is 0 Å². The predicted molar refractivity (Wildman–Crippen MR) is 65.7 cm³/mol. The van der Waals surface area contributed by atoms with Crippen LogP contribution in [-0.4, -0.2) is 34.3 Å². The lowest BCUT2D eigenvalue weighted by molar-refractivity contribution is 0.183. The summed E-state index contributed by atoms with van der Waals surface area (Å²) in [6.45, 7) is 7.19. The number of aromatic nitrogens is 2. The largest absolute Gasteiger partial charge is 0.391 e. The molecular formula is C11H20N4O. The number of nitrogens with one attached hydrogen (secondary N) is 2. The topological polar surface area (TPSA) is 70.1 Å².